The molecular weight excluding hydrogens is 330 g/mol. The first-order chi connectivity index (χ1) is 10.7. The molecule has 0 saturated carbocycles. The van der Waals surface area contributed by atoms with Gasteiger partial charge in [-0.05, 0) is 33.2 Å². The van der Waals surface area contributed by atoms with Crippen LogP contribution in [-0.2, 0) is 18.0 Å². The molecule has 0 heterocycles. The van der Waals surface area contributed by atoms with Crippen molar-refractivity contribution >= 4 is 23.0 Å². The maximum atomic E-state index is 12.1. The van der Waals surface area contributed by atoms with E-state index in [0.717, 1.165) is 6.04 Å². The van der Waals surface area contributed by atoms with E-state index in [1.807, 2.05) is 27.7 Å². The third-order valence-corrected chi connectivity index (χ3v) is 8.33. The van der Waals surface area contributed by atoms with Gasteiger partial charge in [-0.1, -0.05) is 26.6 Å². The van der Waals surface area contributed by atoms with Gasteiger partial charge in [-0.25, -0.2) is 4.79 Å². The van der Waals surface area contributed by atoms with Gasteiger partial charge in [0.25, 0.3) is 0 Å². The second-order valence-corrected chi connectivity index (χ2v) is 14.8. The van der Waals surface area contributed by atoms with E-state index in [1.165, 1.54) is 0 Å². The van der Waals surface area contributed by atoms with Gasteiger partial charge in [0.1, 0.15) is 0 Å². The van der Waals surface area contributed by atoms with Crippen LogP contribution >= 0.6 is 0 Å². The fraction of sp³-hybridized carbons (Fsp3) is 0.933. The van der Waals surface area contributed by atoms with Gasteiger partial charge in [0, 0.05) is 34.4 Å². The van der Waals surface area contributed by atoms with Crippen molar-refractivity contribution in [1.29, 1.82) is 0 Å². The van der Waals surface area contributed by atoms with Crippen molar-refractivity contribution in [3.05, 3.63) is 0 Å². The number of hydrogen-bond acceptors (Lipinski definition) is 5. The SMILES string of the molecule is CCO[Si](OCC)(OCC)C(CC)OC(=O)NCC[Si](C)(C)C. The minimum Gasteiger partial charge on any atom is -0.442 e. The summed E-state index contributed by atoms with van der Waals surface area (Å²) in [5.41, 5.74) is -0.491. The van der Waals surface area contributed by atoms with Gasteiger partial charge < -0.3 is 23.3 Å². The Labute approximate surface area is 143 Å². The average Bonchev–Trinajstić information content (AvgIpc) is 2.44. The molecule has 1 atom stereocenters. The monoisotopic (exact) mass is 365 g/mol. The molecule has 0 saturated heterocycles. The lowest BCUT2D eigenvalue weighted by Gasteiger charge is -2.34. The van der Waals surface area contributed by atoms with Crippen LogP contribution < -0.4 is 5.32 Å². The Kier molecular flexibility index (Phi) is 11.0. The maximum absolute atomic E-state index is 12.1. The molecule has 8 heteroatoms. The van der Waals surface area contributed by atoms with Gasteiger partial charge in [-0.3, -0.25) is 0 Å². The predicted octanol–water partition coefficient (Wildman–Crippen LogP) is 3.42. The van der Waals surface area contributed by atoms with Crippen molar-refractivity contribution in [1.82, 2.24) is 5.32 Å². The van der Waals surface area contributed by atoms with E-state index < -0.39 is 28.7 Å². The molecule has 0 fully saturated rings. The first kappa shape index (κ1) is 22.6. The third kappa shape index (κ3) is 8.85. The van der Waals surface area contributed by atoms with Gasteiger partial charge in [-0.2, -0.15) is 0 Å². The highest BCUT2D eigenvalue weighted by Gasteiger charge is 2.51. The van der Waals surface area contributed by atoms with Gasteiger partial charge in [0.05, 0.1) is 0 Å². The Morgan fingerprint density at radius 3 is 1.78 bits per heavy atom. The number of carbonyl (C=O) groups excluding carboxylic acids is 1. The fourth-order valence-electron chi connectivity index (χ4n) is 2.12. The highest BCUT2D eigenvalue weighted by atomic mass is 28.4. The lowest BCUT2D eigenvalue weighted by molar-refractivity contribution is 0.0123. The number of rotatable bonds is 12. The average molecular weight is 366 g/mol. The molecule has 0 radical (unpaired) electrons. The number of amides is 1. The van der Waals surface area contributed by atoms with E-state index in [2.05, 4.69) is 25.0 Å². The normalized spacial score (nSPS) is 13.7. The minimum absolute atomic E-state index is 0.425. The molecule has 6 nitrogen and oxygen atoms in total. The molecule has 138 valence electrons. The van der Waals surface area contributed by atoms with E-state index >= 15 is 0 Å². The maximum Gasteiger partial charge on any atom is 0.544 e. The lowest BCUT2D eigenvalue weighted by atomic mass is 10.5. The smallest absolute Gasteiger partial charge is 0.442 e. The van der Waals surface area contributed by atoms with Crippen molar-refractivity contribution in [3.63, 3.8) is 0 Å². The summed E-state index contributed by atoms with van der Waals surface area (Å²) in [6, 6.07) is 1.02. The number of alkyl carbamates (subject to hydrolysis) is 1. The van der Waals surface area contributed by atoms with E-state index in [-0.39, 0.29) is 0 Å². The van der Waals surface area contributed by atoms with Crippen LogP contribution in [0.2, 0.25) is 25.7 Å². The molecule has 0 spiro atoms. The van der Waals surface area contributed by atoms with Crippen molar-refractivity contribution in [2.45, 2.75) is 65.5 Å². The molecule has 0 aliphatic heterocycles. The van der Waals surface area contributed by atoms with Crippen molar-refractivity contribution in [3.8, 4) is 0 Å². The molecule has 0 aliphatic rings. The number of ether oxygens (including phenoxy) is 1. The molecule has 23 heavy (non-hydrogen) atoms. The molecule has 0 aromatic rings. The summed E-state index contributed by atoms with van der Waals surface area (Å²) in [4.78, 5) is 12.1. The Hall–Kier alpha value is -0.416. The standard InChI is InChI=1S/C15H35NO5Si2/c1-8-14(21-15(17)16-12-13-22(5,6)7)23(18-9-2,19-10-3)20-11-4/h14H,8-13H2,1-7H3,(H,16,17). The van der Waals surface area contributed by atoms with Crippen LogP contribution in [0.25, 0.3) is 0 Å². The quantitative estimate of drug-likeness (QED) is 0.537. The summed E-state index contributed by atoms with van der Waals surface area (Å²) in [5.74, 6) is 0. The van der Waals surface area contributed by atoms with Gasteiger partial charge in [0.15, 0.2) is 5.73 Å². The molecule has 1 amide bonds. The summed E-state index contributed by atoms with van der Waals surface area (Å²) >= 11 is 0. The van der Waals surface area contributed by atoms with E-state index in [4.69, 9.17) is 18.0 Å². The summed E-state index contributed by atoms with van der Waals surface area (Å²) in [6.07, 6.45) is 0.166. The Balaban J connectivity index is 4.81. The number of nitrogens with one attached hydrogen (secondary N) is 1. The van der Waals surface area contributed by atoms with Crippen LogP contribution in [0.5, 0.6) is 0 Å². The zero-order valence-electron chi connectivity index (χ0n) is 15.9. The fourth-order valence-corrected chi connectivity index (χ4v) is 5.76. The van der Waals surface area contributed by atoms with Crippen LogP contribution in [0.1, 0.15) is 34.1 Å². The van der Waals surface area contributed by atoms with Crippen LogP contribution in [0.15, 0.2) is 0 Å². The van der Waals surface area contributed by atoms with Crippen LogP contribution in [0.4, 0.5) is 4.79 Å². The molecule has 0 bridgehead atoms. The van der Waals surface area contributed by atoms with Crippen molar-refractivity contribution in [2.24, 2.45) is 0 Å². The van der Waals surface area contributed by atoms with Crippen molar-refractivity contribution < 1.29 is 22.8 Å². The summed E-state index contributed by atoms with van der Waals surface area (Å²) in [7, 11) is -4.22. The zero-order valence-corrected chi connectivity index (χ0v) is 17.9. The summed E-state index contributed by atoms with van der Waals surface area (Å²) < 4.78 is 23.0. The molecule has 0 rings (SSSR count). The predicted molar refractivity (Wildman–Crippen MR) is 97.3 cm³/mol. The second kappa shape index (κ2) is 11.2. The molecule has 0 aromatic carbocycles. The second-order valence-electron chi connectivity index (χ2n) is 6.44. The Bertz CT molecular complexity index is 319. The van der Waals surface area contributed by atoms with Crippen LogP contribution in [-0.4, -0.2) is 55.1 Å². The van der Waals surface area contributed by atoms with E-state index in [1.54, 1.807) is 0 Å². The van der Waals surface area contributed by atoms with Gasteiger partial charge >= 0.3 is 14.9 Å². The molecule has 0 aromatic heterocycles. The first-order valence-electron chi connectivity index (χ1n) is 8.60. The van der Waals surface area contributed by atoms with Gasteiger partial charge in [-0.15, -0.1) is 0 Å². The van der Waals surface area contributed by atoms with Crippen LogP contribution in [0, 0.1) is 0 Å². The van der Waals surface area contributed by atoms with Crippen LogP contribution in [0.3, 0.4) is 0 Å². The topological polar surface area (TPSA) is 66.0 Å². The number of carbonyl (C=O) groups is 1. The molecule has 1 N–H and O–H groups in total. The third-order valence-electron chi connectivity index (χ3n) is 3.20. The van der Waals surface area contributed by atoms with E-state index in [9.17, 15) is 4.79 Å². The molecule has 0 aliphatic carbocycles. The van der Waals surface area contributed by atoms with E-state index in [0.29, 0.717) is 32.8 Å². The Morgan fingerprint density at radius 1 is 0.957 bits per heavy atom. The van der Waals surface area contributed by atoms with Gasteiger partial charge in [0.2, 0.25) is 0 Å². The highest BCUT2D eigenvalue weighted by Crippen LogP contribution is 2.21. The Morgan fingerprint density at radius 2 is 1.43 bits per heavy atom. The lowest BCUT2D eigenvalue weighted by Crippen LogP contribution is -2.58. The minimum atomic E-state index is -3.04. The molecular formula is C15H35NO5Si2. The molecule has 1 unspecified atom stereocenters. The summed E-state index contributed by atoms with van der Waals surface area (Å²) in [6.45, 7) is 16.4. The summed E-state index contributed by atoms with van der Waals surface area (Å²) in [5, 5.41) is 2.83. The largest absolute Gasteiger partial charge is 0.544 e. The van der Waals surface area contributed by atoms with Crippen molar-refractivity contribution in [2.75, 3.05) is 26.4 Å². The highest BCUT2D eigenvalue weighted by molar-refractivity contribution is 6.76. The number of hydrogen-bond donors (Lipinski definition) is 1. The first-order valence-corrected chi connectivity index (χ1v) is 14.1. The zero-order chi connectivity index (χ0) is 17.9.